The van der Waals surface area contributed by atoms with E-state index in [4.69, 9.17) is 0 Å². The average molecular weight is 371 g/mol. The maximum atomic E-state index is 12.7. The standard InChI is InChI=1S/C14H24F3N3O3S/c1-13(2)8-18-11(13)12(21)19-6-4-10(5-7-19)20(24(3,22)23)9-14(15,16)17/h10-11,18H,4-9H2,1-3H3. The molecule has 24 heavy (non-hydrogen) atoms. The molecule has 2 fully saturated rings. The minimum atomic E-state index is -4.59. The Hall–Kier alpha value is -0.870. The van der Waals surface area contributed by atoms with E-state index in [2.05, 4.69) is 5.32 Å². The lowest BCUT2D eigenvalue weighted by Gasteiger charge is -2.47. The molecule has 1 atom stereocenters. The molecule has 10 heteroatoms. The second-order valence-corrected chi connectivity index (χ2v) is 9.22. The largest absolute Gasteiger partial charge is 0.402 e. The van der Waals surface area contributed by atoms with Gasteiger partial charge in [-0.2, -0.15) is 17.5 Å². The van der Waals surface area contributed by atoms with E-state index in [1.165, 1.54) is 0 Å². The molecule has 0 aromatic rings. The van der Waals surface area contributed by atoms with Crippen molar-refractivity contribution in [2.24, 2.45) is 5.41 Å². The molecule has 140 valence electrons. The van der Waals surface area contributed by atoms with Gasteiger partial charge in [-0.1, -0.05) is 13.8 Å². The number of nitrogens with one attached hydrogen (secondary N) is 1. The van der Waals surface area contributed by atoms with Gasteiger partial charge >= 0.3 is 6.18 Å². The molecular formula is C14H24F3N3O3S. The first-order chi connectivity index (χ1) is 10.8. The Balaban J connectivity index is 1.99. The quantitative estimate of drug-likeness (QED) is 0.794. The summed E-state index contributed by atoms with van der Waals surface area (Å²) in [4.78, 5) is 14.1. The molecule has 6 nitrogen and oxygen atoms in total. The maximum absolute atomic E-state index is 12.7. The summed E-state index contributed by atoms with van der Waals surface area (Å²) in [6.45, 7) is 3.75. The topological polar surface area (TPSA) is 69.7 Å². The van der Waals surface area contributed by atoms with Gasteiger partial charge < -0.3 is 10.2 Å². The number of rotatable bonds is 4. The molecule has 0 spiro atoms. The van der Waals surface area contributed by atoms with Crippen molar-refractivity contribution in [3.63, 3.8) is 0 Å². The van der Waals surface area contributed by atoms with Crippen LogP contribution < -0.4 is 5.32 Å². The Morgan fingerprint density at radius 1 is 1.29 bits per heavy atom. The molecule has 2 saturated heterocycles. The average Bonchev–Trinajstić information content (AvgIpc) is 2.42. The van der Waals surface area contributed by atoms with Gasteiger partial charge in [-0.15, -0.1) is 0 Å². The van der Waals surface area contributed by atoms with Crippen molar-refractivity contribution >= 4 is 15.9 Å². The van der Waals surface area contributed by atoms with Crippen LogP contribution in [0.4, 0.5) is 13.2 Å². The van der Waals surface area contributed by atoms with Gasteiger partial charge in [0.1, 0.15) is 6.54 Å². The number of amides is 1. The molecule has 0 radical (unpaired) electrons. The predicted molar refractivity (Wildman–Crippen MR) is 82.8 cm³/mol. The molecule has 0 aromatic heterocycles. The molecule has 2 aliphatic heterocycles. The number of carbonyl (C=O) groups excluding carboxylic acids is 1. The van der Waals surface area contributed by atoms with Gasteiger partial charge in [0.15, 0.2) is 0 Å². The van der Waals surface area contributed by atoms with Crippen molar-refractivity contribution in [1.29, 1.82) is 0 Å². The smallest absolute Gasteiger partial charge is 0.341 e. The SMILES string of the molecule is CC1(C)CNC1C(=O)N1CCC(N(CC(F)(F)F)S(C)(=O)=O)CC1. The normalized spacial score (nSPS) is 25.6. The number of hydrogen-bond acceptors (Lipinski definition) is 4. The molecule has 0 bridgehead atoms. The first-order valence-corrected chi connectivity index (χ1v) is 9.72. The summed E-state index contributed by atoms with van der Waals surface area (Å²) >= 11 is 0. The summed E-state index contributed by atoms with van der Waals surface area (Å²) in [5.74, 6) is -0.0635. The highest BCUT2D eigenvalue weighted by Crippen LogP contribution is 2.31. The molecule has 0 aliphatic carbocycles. The fourth-order valence-electron chi connectivity index (χ4n) is 3.28. The third-order valence-corrected chi connectivity index (χ3v) is 6.01. The number of likely N-dealkylation sites (tertiary alicyclic amines) is 1. The Bertz CT molecular complexity index is 584. The highest BCUT2D eigenvalue weighted by molar-refractivity contribution is 7.88. The summed E-state index contributed by atoms with van der Waals surface area (Å²) in [6, 6.07) is -1.01. The summed E-state index contributed by atoms with van der Waals surface area (Å²) in [7, 11) is -3.97. The van der Waals surface area contributed by atoms with Crippen molar-refractivity contribution in [2.75, 3.05) is 32.4 Å². The fourth-order valence-corrected chi connectivity index (χ4v) is 4.42. The lowest BCUT2D eigenvalue weighted by molar-refractivity contribution is -0.146. The van der Waals surface area contributed by atoms with E-state index in [-0.39, 0.29) is 43.3 Å². The lowest BCUT2D eigenvalue weighted by atomic mass is 9.76. The summed E-state index contributed by atoms with van der Waals surface area (Å²) in [5, 5.41) is 3.08. The van der Waals surface area contributed by atoms with Gasteiger partial charge in [0.25, 0.3) is 0 Å². The minimum absolute atomic E-state index is 0.0635. The van der Waals surface area contributed by atoms with Crippen LogP contribution in [0.5, 0.6) is 0 Å². The van der Waals surface area contributed by atoms with Gasteiger partial charge in [-0.25, -0.2) is 8.42 Å². The predicted octanol–water partition coefficient (Wildman–Crippen LogP) is 0.799. The first kappa shape index (κ1) is 19.5. The third-order valence-electron chi connectivity index (χ3n) is 4.73. The summed E-state index contributed by atoms with van der Waals surface area (Å²) < 4.78 is 61.9. The third kappa shape index (κ3) is 4.40. The molecule has 0 aromatic carbocycles. The van der Waals surface area contributed by atoms with Crippen LogP contribution in [0.2, 0.25) is 0 Å². The number of halogens is 3. The van der Waals surface area contributed by atoms with Crippen molar-refractivity contribution in [3.8, 4) is 0 Å². The van der Waals surface area contributed by atoms with Crippen molar-refractivity contribution in [2.45, 2.75) is 44.9 Å². The van der Waals surface area contributed by atoms with Crippen LogP contribution in [-0.4, -0.2) is 74.2 Å². The van der Waals surface area contributed by atoms with Gasteiger partial charge in [0, 0.05) is 31.1 Å². The summed E-state index contributed by atoms with van der Waals surface area (Å²) in [6.07, 6.45) is -3.38. The van der Waals surface area contributed by atoms with E-state index in [9.17, 15) is 26.4 Å². The zero-order valence-electron chi connectivity index (χ0n) is 14.1. The zero-order chi connectivity index (χ0) is 18.3. The number of alkyl halides is 3. The van der Waals surface area contributed by atoms with Gasteiger partial charge in [0.05, 0.1) is 12.3 Å². The molecule has 0 saturated carbocycles. The second kappa shape index (κ2) is 6.45. The molecule has 2 aliphatic rings. The van der Waals surface area contributed by atoms with E-state index < -0.39 is 28.8 Å². The Labute approximate surface area is 140 Å². The van der Waals surface area contributed by atoms with E-state index in [1.807, 2.05) is 13.8 Å². The molecule has 1 N–H and O–H groups in total. The van der Waals surface area contributed by atoms with Crippen molar-refractivity contribution in [1.82, 2.24) is 14.5 Å². The van der Waals surface area contributed by atoms with E-state index in [0.29, 0.717) is 4.31 Å². The monoisotopic (exact) mass is 371 g/mol. The molecular weight excluding hydrogens is 347 g/mol. The van der Waals surface area contributed by atoms with Crippen LogP contribution in [-0.2, 0) is 14.8 Å². The van der Waals surface area contributed by atoms with Crippen LogP contribution in [0.25, 0.3) is 0 Å². The van der Waals surface area contributed by atoms with Crippen LogP contribution in [0.3, 0.4) is 0 Å². The molecule has 1 unspecified atom stereocenters. The van der Waals surface area contributed by atoms with Gasteiger partial charge in [-0.05, 0) is 12.8 Å². The fraction of sp³-hybridized carbons (Fsp3) is 0.929. The molecule has 2 heterocycles. The van der Waals surface area contributed by atoms with Crippen LogP contribution in [0, 0.1) is 5.41 Å². The summed E-state index contributed by atoms with van der Waals surface area (Å²) in [5.41, 5.74) is -0.136. The van der Waals surface area contributed by atoms with Gasteiger partial charge in [0.2, 0.25) is 15.9 Å². The number of sulfonamides is 1. The number of piperidine rings is 1. The van der Waals surface area contributed by atoms with Crippen LogP contribution in [0.1, 0.15) is 26.7 Å². The Morgan fingerprint density at radius 3 is 2.17 bits per heavy atom. The van der Waals surface area contributed by atoms with E-state index >= 15 is 0 Å². The second-order valence-electron chi connectivity index (χ2n) is 7.28. The minimum Gasteiger partial charge on any atom is -0.341 e. The van der Waals surface area contributed by atoms with Crippen LogP contribution >= 0.6 is 0 Å². The van der Waals surface area contributed by atoms with Crippen molar-refractivity contribution in [3.05, 3.63) is 0 Å². The number of carbonyl (C=O) groups is 1. The van der Waals surface area contributed by atoms with E-state index in [0.717, 1.165) is 12.8 Å². The highest BCUT2D eigenvalue weighted by atomic mass is 32.2. The van der Waals surface area contributed by atoms with Crippen LogP contribution in [0.15, 0.2) is 0 Å². The Kier molecular flexibility index (Phi) is 5.23. The first-order valence-electron chi connectivity index (χ1n) is 7.87. The molecule has 2 rings (SSSR count). The lowest BCUT2D eigenvalue weighted by Crippen LogP contribution is -2.67. The number of hydrogen-bond donors (Lipinski definition) is 1. The highest BCUT2D eigenvalue weighted by Gasteiger charge is 2.46. The van der Waals surface area contributed by atoms with Gasteiger partial charge in [-0.3, -0.25) is 4.79 Å². The van der Waals surface area contributed by atoms with E-state index in [1.54, 1.807) is 4.90 Å². The zero-order valence-corrected chi connectivity index (χ0v) is 14.9. The maximum Gasteiger partial charge on any atom is 0.402 e. The molecule has 1 amide bonds. The number of nitrogens with zero attached hydrogens (tertiary/aromatic N) is 2. The Morgan fingerprint density at radius 2 is 1.83 bits per heavy atom. The van der Waals surface area contributed by atoms with Crippen molar-refractivity contribution < 1.29 is 26.4 Å².